The monoisotopic (exact) mass is 409 g/mol. The highest BCUT2D eigenvalue weighted by molar-refractivity contribution is 6.35. The van der Waals surface area contributed by atoms with E-state index in [0.29, 0.717) is 15.8 Å². The van der Waals surface area contributed by atoms with Crippen molar-refractivity contribution in [2.24, 2.45) is 5.10 Å². The zero-order chi connectivity index (χ0) is 19.3. The Labute approximate surface area is 173 Å². The molecule has 0 bridgehead atoms. The second-order valence-corrected chi connectivity index (χ2v) is 7.91. The van der Waals surface area contributed by atoms with Crippen LogP contribution < -0.4 is 4.74 Å². The maximum absolute atomic E-state index is 6.48. The average molecular weight is 410 g/mol. The minimum atomic E-state index is -0.373. The summed E-state index contributed by atoms with van der Waals surface area (Å²) in [5, 5.41) is 8.07. The number of rotatable bonds is 2. The van der Waals surface area contributed by atoms with Crippen molar-refractivity contribution in [1.29, 1.82) is 0 Å². The lowest BCUT2D eigenvalue weighted by molar-refractivity contribution is -0.0189. The molecule has 2 atom stereocenters. The maximum Gasteiger partial charge on any atom is 0.214 e. The Balaban J connectivity index is 1.63. The molecule has 28 heavy (non-hydrogen) atoms. The lowest BCUT2D eigenvalue weighted by Crippen LogP contribution is -2.33. The van der Waals surface area contributed by atoms with Gasteiger partial charge in [-0.25, -0.2) is 5.01 Å². The minimum Gasteiger partial charge on any atom is -0.463 e. The van der Waals surface area contributed by atoms with E-state index in [1.54, 1.807) is 18.5 Å². The summed E-state index contributed by atoms with van der Waals surface area (Å²) in [7, 11) is 0. The van der Waals surface area contributed by atoms with E-state index < -0.39 is 0 Å². The van der Waals surface area contributed by atoms with E-state index in [0.717, 1.165) is 28.8 Å². The molecule has 0 fully saturated rings. The molecule has 0 saturated carbocycles. The zero-order valence-electron chi connectivity index (χ0n) is 15.1. The van der Waals surface area contributed by atoms with Crippen molar-refractivity contribution in [2.75, 3.05) is 0 Å². The van der Waals surface area contributed by atoms with Crippen molar-refractivity contribution >= 4 is 28.9 Å². The number of halogens is 2. The van der Waals surface area contributed by atoms with E-state index in [1.165, 1.54) is 5.56 Å². The van der Waals surface area contributed by atoms with Crippen molar-refractivity contribution < 1.29 is 4.74 Å². The van der Waals surface area contributed by atoms with Gasteiger partial charge in [0.15, 0.2) is 0 Å². The fraction of sp³-hybridized carbons (Fsp3) is 0.182. The summed E-state index contributed by atoms with van der Waals surface area (Å²) in [5.74, 6) is 0.675. The smallest absolute Gasteiger partial charge is 0.214 e. The molecule has 1 aromatic heterocycles. The highest BCUT2D eigenvalue weighted by Crippen LogP contribution is 2.50. The predicted molar refractivity (Wildman–Crippen MR) is 111 cm³/mol. The van der Waals surface area contributed by atoms with Crippen molar-refractivity contribution in [3.05, 3.63) is 93.2 Å². The quantitative estimate of drug-likeness (QED) is 0.525. The Morgan fingerprint density at radius 1 is 1.04 bits per heavy atom. The summed E-state index contributed by atoms with van der Waals surface area (Å²) in [6.07, 6.45) is 3.90. The fourth-order valence-corrected chi connectivity index (χ4v) is 4.34. The topological polar surface area (TPSA) is 37.7 Å². The van der Waals surface area contributed by atoms with E-state index in [2.05, 4.69) is 36.2 Å². The molecule has 140 valence electrons. The molecule has 2 aliphatic heterocycles. The molecule has 2 aromatic carbocycles. The number of hydrogen-bond donors (Lipinski definition) is 0. The van der Waals surface area contributed by atoms with Crippen LogP contribution in [-0.2, 0) is 0 Å². The Kier molecular flexibility index (Phi) is 4.26. The number of aromatic nitrogens is 1. The molecule has 0 aliphatic carbocycles. The number of hydrazone groups is 1. The Hall–Kier alpha value is -2.56. The normalized spacial score (nSPS) is 20.2. The molecule has 2 aliphatic rings. The van der Waals surface area contributed by atoms with Crippen LogP contribution in [0, 0.1) is 6.92 Å². The van der Waals surface area contributed by atoms with Crippen LogP contribution in [0.15, 0.2) is 66.0 Å². The number of pyridine rings is 1. The van der Waals surface area contributed by atoms with E-state index in [4.69, 9.17) is 33.0 Å². The molecule has 6 heteroatoms. The number of fused-ring (bicyclic) bond motifs is 3. The Bertz CT molecular complexity index is 1070. The van der Waals surface area contributed by atoms with Crippen LogP contribution in [0.4, 0.5) is 0 Å². The fourth-order valence-electron chi connectivity index (χ4n) is 3.78. The van der Waals surface area contributed by atoms with E-state index >= 15 is 0 Å². The third-order valence-corrected chi connectivity index (χ3v) is 5.68. The molecule has 3 aromatic rings. The van der Waals surface area contributed by atoms with E-state index in [9.17, 15) is 0 Å². The lowest BCUT2D eigenvalue weighted by Gasteiger charge is -2.38. The molecule has 0 saturated heterocycles. The molecular weight excluding hydrogens is 393 g/mol. The van der Waals surface area contributed by atoms with Gasteiger partial charge in [0.05, 0.1) is 16.8 Å². The number of benzene rings is 2. The van der Waals surface area contributed by atoms with Gasteiger partial charge in [0.1, 0.15) is 5.75 Å². The molecular formula is C22H17Cl2N3O. The molecule has 0 radical (unpaired) electrons. The molecule has 4 nitrogen and oxygen atoms in total. The second kappa shape index (κ2) is 6.80. The first kappa shape index (κ1) is 17.5. The first-order chi connectivity index (χ1) is 13.6. The summed E-state index contributed by atoms with van der Waals surface area (Å²) < 4.78 is 6.32. The number of hydrogen-bond acceptors (Lipinski definition) is 4. The van der Waals surface area contributed by atoms with Gasteiger partial charge in [0.25, 0.3) is 0 Å². The van der Waals surface area contributed by atoms with Gasteiger partial charge in [-0.05, 0) is 36.8 Å². The molecule has 5 rings (SSSR count). The van der Waals surface area contributed by atoms with Gasteiger partial charge in [0, 0.05) is 35.0 Å². The predicted octanol–water partition coefficient (Wildman–Crippen LogP) is 5.94. The second-order valence-electron chi connectivity index (χ2n) is 7.07. The molecule has 0 amide bonds. The highest BCUT2D eigenvalue weighted by atomic mass is 35.5. The molecule has 0 spiro atoms. The van der Waals surface area contributed by atoms with E-state index in [-0.39, 0.29) is 12.3 Å². The number of aryl methyl sites for hydroxylation is 1. The van der Waals surface area contributed by atoms with Crippen LogP contribution in [0.2, 0.25) is 10.0 Å². The Morgan fingerprint density at radius 2 is 1.79 bits per heavy atom. The first-order valence-electron chi connectivity index (χ1n) is 9.08. The standard InChI is InChI=1S/C22H17Cl2N3O/c1-13-2-4-14(5-3-13)19-12-20-17-10-16(23)11-18(24)21(17)28-22(27(20)26-19)15-6-8-25-9-7-15/h2-11,20,22H,12H2,1H3. The van der Waals surface area contributed by atoms with Gasteiger partial charge in [-0.3, -0.25) is 4.98 Å². The SMILES string of the molecule is Cc1ccc(C2=NN3C(C2)c2cc(Cl)cc(Cl)c2OC3c2ccncc2)cc1. The van der Waals surface area contributed by atoms with Crippen LogP contribution in [-0.4, -0.2) is 15.7 Å². The minimum absolute atomic E-state index is 0.00872. The number of nitrogens with zero attached hydrogens (tertiary/aromatic N) is 3. The summed E-state index contributed by atoms with van der Waals surface area (Å²) >= 11 is 12.8. The van der Waals surface area contributed by atoms with Gasteiger partial charge >= 0.3 is 0 Å². The van der Waals surface area contributed by atoms with Gasteiger partial charge in [-0.1, -0.05) is 53.0 Å². The molecule has 2 unspecified atom stereocenters. The lowest BCUT2D eigenvalue weighted by atomic mass is 9.95. The van der Waals surface area contributed by atoms with Crippen molar-refractivity contribution in [1.82, 2.24) is 9.99 Å². The largest absolute Gasteiger partial charge is 0.463 e. The summed E-state index contributed by atoms with van der Waals surface area (Å²) in [5.41, 5.74) is 5.31. The molecule has 3 heterocycles. The number of ether oxygens (including phenoxy) is 1. The van der Waals surface area contributed by atoms with Crippen LogP contribution in [0.3, 0.4) is 0 Å². The van der Waals surface area contributed by atoms with Crippen LogP contribution in [0.1, 0.15) is 40.9 Å². The third-order valence-electron chi connectivity index (χ3n) is 5.18. The summed E-state index contributed by atoms with van der Waals surface area (Å²) in [6, 6.07) is 16.0. The molecule has 0 N–H and O–H groups in total. The van der Waals surface area contributed by atoms with Crippen molar-refractivity contribution in [3.8, 4) is 5.75 Å². The van der Waals surface area contributed by atoms with Crippen LogP contribution in [0.25, 0.3) is 0 Å². The maximum atomic E-state index is 6.48. The van der Waals surface area contributed by atoms with Gasteiger partial charge in [-0.15, -0.1) is 0 Å². The summed E-state index contributed by atoms with van der Waals surface area (Å²) in [6.45, 7) is 2.08. The van der Waals surface area contributed by atoms with E-state index in [1.807, 2.05) is 23.2 Å². The third kappa shape index (κ3) is 2.93. The van der Waals surface area contributed by atoms with Crippen molar-refractivity contribution in [2.45, 2.75) is 25.6 Å². The van der Waals surface area contributed by atoms with Crippen LogP contribution in [0.5, 0.6) is 5.75 Å². The van der Waals surface area contributed by atoms with Gasteiger partial charge in [0.2, 0.25) is 6.23 Å². The van der Waals surface area contributed by atoms with Gasteiger partial charge in [-0.2, -0.15) is 5.10 Å². The van der Waals surface area contributed by atoms with Crippen LogP contribution >= 0.6 is 23.2 Å². The van der Waals surface area contributed by atoms with Gasteiger partial charge < -0.3 is 4.74 Å². The zero-order valence-corrected chi connectivity index (χ0v) is 16.7. The summed E-state index contributed by atoms with van der Waals surface area (Å²) in [4.78, 5) is 4.12. The first-order valence-corrected chi connectivity index (χ1v) is 9.84. The Morgan fingerprint density at radius 3 is 2.54 bits per heavy atom. The van der Waals surface area contributed by atoms with Crippen molar-refractivity contribution in [3.63, 3.8) is 0 Å². The highest BCUT2D eigenvalue weighted by Gasteiger charge is 2.42. The average Bonchev–Trinajstić information content (AvgIpc) is 3.14.